The van der Waals surface area contributed by atoms with E-state index in [-0.39, 0.29) is 23.3 Å². The number of aromatic nitrogens is 4. The SMILES string of the molecule is CCOc1nc(C(=O)Nc2cccc(C(F)F)n2)cn2cc(C3CCCOC3)nc12. The molecule has 8 nitrogen and oxygen atoms in total. The zero-order valence-corrected chi connectivity index (χ0v) is 16.3. The number of pyridine rings is 1. The third-order valence-corrected chi connectivity index (χ3v) is 4.75. The summed E-state index contributed by atoms with van der Waals surface area (Å²) in [5.74, 6) is -0.176. The molecule has 3 aromatic heterocycles. The minimum Gasteiger partial charge on any atom is -0.475 e. The predicted molar refractivity (Wildman–Crippen MR) is 104 cm³/mol. The van der Waals surface area contributed by atoms with E-state index in [1.165, 1.54) is 24.4 Å². The molecule has 0 aromatic carbocycles. The summed E-state index contributed by atoms with van der Waals surface area (Å²) in [6, 6.07) is 4.03. The van der Waals surface area contributed by atoms with Crippen molar-refractivity contribution in [1.82, 2.24) is 19.4 Å². The lowest BCUT2D eigenvalue weighted by atomic mass is 9.99. The van der Waals surface area contributed by atoms with Gasteiger partial charge in [0, 0.05) is 24.9 Å². The lowest BCUT2D eigenvalue weighted by Crippen LogP contribution is -2.16. The summed E-state index contributed by atoms with van der Waals surface area (Å²) < 4.78 is 38.5. The first kappa shape index (κ1) is 20.1. The molecule has 158 valence electrons. The molecule has 0 radical (unpaired) electrons. The van der Waals surface area contributed by atoms with Gasteiger partial charge in [0.2, 0.25) is 5.65 Å². The number of alkyl halides is 2. The van der Waals surface area contributed by atoms with E-state index in [4.69, 9.17) is 9.47 Å². The fourth-order valence-electron chi connectivity index (χ4n) is 3.33. The first-order valence-corrected chi connectivity index (χ1v) is 9.71. The van der Waals surface area contributed by atoms with E-state index < -0.39 is 18.0 Å². The number of fused-ring (bicyclic) bond motifs is 1. The van der Waals surface area contributed by atoms with Gasteiger partial charge in [-0.1, -0.05) is 6.07 Å². The van der Waals surface area contributed by atoms with E-state index in [2.05, 4.69) is 20.3 Å². The van der Waals surface area contributed by atoms with Gasteiger partial charge in [-0.15, -0.1) is 0 Å². The van der Waals surface area contributed by atoms with E-state index >= 15 is 0 Å². The molecule has 10 heteroatoms. The second-order valence-corrected chi connectivity index (χ2v) is 6.88. The molecule has 4 heterocycles. The van der Waals surface area contributed by atoms with Crippen molar-refractivity contribution in [3.05, 3.63) is 47.7 Å². The van der Waals surface area contributed by atoms with Gasteiger partial charge >= 0.3 is 0 Å². The molecule has 3 aromatic rings. The van der Waals surface area contributed by atoms with Crippen LogP contribution in [0.4, 0.5) is 14.6 Å². The van der Waals surface area contributed by atoms with Gasteiger partial charge in [-0.2, -0.15) is 0 Å². The molecule has 1 atom stereocenters. The molecular formula is C20H21F2N5O3. The summed E-state index contributed by atoms with van der Waals surface area (Å²) in [6.45, 7) is 3.51. The Morgan fingerprint density at radius 3 is 2.93 bits per heavy atom. The van der Waals surface area contributed by atoms with Crippen molar-refractivity contribution >= 4 is 17.4 Å². The third-order valence-electron chi connectivity index (χ3n) is 4.75. The van der Waals surface area contributed by atoms with Crippen molar-refractivity contribution in [2.75, 3.05) is 25.1 Å². The second-order valence-electron chi connectivity index (χ2n) is 6.88. The van der Waals surface area contributed by atoms with Crippen LogP contribution in [-0.2, 0) is 4.74 Å². The van der Waals surface area contributed by atoms with E-state index in [1.54, 1.807) is 4.40 Å². The first-order valence-electron chi connectivity index (χ1n) is 9.71. The molecule has 1 saturated heterocycles. The van der Waals surface area contributed by atoms with Crippen molar-refractivity contribution < 1.29 is 23.0 Å². The van der Waals surface area contributed by atoms with E-state index in [1.807, 2.05) is 13.1 Å². The molecule has 4 rings (SSSR count). The molecular weight excluding hydrogens is 396 g/mol. The Morgan fingerprint density at radius 2 is 2.20 bits per heavy atom. The van der Waals surface area contributed by atoms with Crippen LogP contribution >= 0.6 is 0 Å². The smallest absolute Gasteiger partial charge is 0.280 e. The number of hydrogen-bond donors (Lipinski definition) is 1. The van der Waals surface area contributed by atoms with Crippen LogP contribution in [-0.4, -0.2) is 45.1 Å². The van der Waals surface area contributed by atoms with Gasteiger partial charge in [-0.25, -0.2) is 23.7 Å². The molecule has 0 saturated carbocycles. The Bertz CT molecular complexity index is 1050. The van der Waals surface area contributed by atoms with Gasteiger partial charge in [-0.3, -0.25) is 9.20 Å². The van der Waals surface area contributed by atoms with E-state index in [0.29, 0.717) is 18.9 Å². The fraction of sp³-hybridized carbons (Fsp3) is 0.400. The maximum Gasteiger partial charge on any atom is 0.280 e. The van der Waals surface area contributed by atoms with Crippen molar-refractivity contribution in [3.8, 4) is 5.88 Å². The molecule has 0 aliphatic carbocycles. The highest BCUT2D eigenvalue weighted by Gasteiger charge is 2.22. The Balaban J connectivity index is 1.64. The fourth-order valence-corrected chi connectivity index (χ4v) is 3.33. The summed E-state index contributed by atoms with van der Waals surface area (Å²) in [6.07, 6.45) is 2.58. The van der Waals surface area contributed by atoms with Crippen LogP contribution < -0.4 is 10.1 Å². The maximum absolute atomic E-state index is 12.9. The summed E-state index contributed by atoms with van der Waals surface area (Å²) in [5.41, 5.74) is 0.993. The minimum atomic E-state index is -2.73. The highest BCUT2D eigenvalue weighted by Crippen LogP contribution is 2.27. The van der Waals surface area contributed by atoms with Crippen LogP contribution in [0.3, 0.4) is 0 Å². The molecule has 1 aliphatic heterocycles. The van der Waals surface area contributed by atoms with Gasteiger partial charge in [0.25, 0.3) is 18.2 Å². The highest BCUT2D eigenvalue weighted by atomic mass is 19.3. The van der Waals surface area contributed by atoms with Gasteiger partial charge in [0.05, 0.1) is 18.9 Å². The zero-order chi connectivity index (χ0) is 21.1. The Kier molecular flexibility index (Phi) is 5.84. The average Bonchev–Trinajstić information content (AvgIpc) is 3.19. The number of amides is 1. The van der Waals surface area contributed by atoms with Crippen molar-refractivity contribution in [2.24, 2.45) is 0 Å². The molecule has 0 bridgehead atoms. The zero-order valence-electron chi connectivity index (χ0n) is 16.3. The van der Waals surface area contributed by atoms with Crippen LogP contribution in [0.2, 0.25) is 0 Å². The Labute approximate surface area is 171 Å². The van der Waals surface area contributed by atoms with Crippen molar-refractivity contribution in [1.29, 1.82) is 0 Å². The second kappa shape index (κ2) is 8.70. The van der Waals surface area contributed by atoms with E-state index in [9.17, 15) is 13.6 Å². The van der Waals surface area contributed by atoms with Gasteiger partial charge in [-0.05, 0) is 31.9 Å². The maximum atomic E-state index is 12.9. The predicted octanol–water partition coefficient (Wildman–Crippen LogP) is 3.61. The van der Waals surface area contributed by atoms with Crippen LogP contribution in [0, 0.1) is 0 Å². The van der Waals surface area contributed by atoms with Crippen LogP contribution in [0.25, 0.3) is 5.65 Å². The monoisotopic (exact) mass is 417 g/mol. The first-order chi connectivity index (χ1) is 14.5. The summed E-state index contributed by atoms with van der Waals surface area (Å²) in [7, 11) is 0. The minimum absolute atomic E-state index is 0.0170. The van der Waals surface area contributed by atoms with Gasteiger partial charge in [0.1, 0.15) is 17.2 Å². The number of nitrogens with zero attached hydrogens (tertiary/aromatic N) is 4. The van der Waals surface area contributed by atoms with Crippen LogP contribution in [0.1, 0.15) is 54.0 Å². The topological polar surface area (TPSA) is 90.6 Å². The Hall–Kier alpha value is -3.14. The number of ether oxygens (including phenoxy) is 2. The molecule has 1 aliphatic rings. The third kappa shape index (κ3) is 4.23. The van der Waals surface area contributed by atoms with Crippen molar-refractivity contribution in [3.63, 3.8) is 0 Å². The molecule has 1 N–H and O–H groups in total. The molecule has 1 fully saturated rings. The lowest BCUT2D eigenvalue weighted by molar-refractivity contribution is 0.0794. The van der Waals surface area contributed by atoms with E-state index in [0.717, 1.165) is 25.1 Å². The number of carbonyl (C=O) groups is 1. The van der Waals surface area contributed by atoms with Crippen LogP contribution in [0.5, 0.6) is 5.88 Å². The number of anilines is 1. The van der Waals surface area contributed by atoms with Gasteiger partial charge < -0.3 is 14.8 Å². The quantitative estimate of drug-likeness (QED) is 0.659. The van der Waals surface area contributed by atoms with Gasteiger partial charge in [0.15, 0.2) is 0 Å². The average molecular weight is 417 g/mol. The molecule has 1 amide bonds. The van der Waals surface area contributed by atoms with Crippen molar-refractivity contribution in [2.45, 2.75) is 32.1 Å². The number of rotatable bonds is 6. The lowest BCUT2D eigenvalue weighted by Gasteiger charge is -2.19. The summed E-state index contributed by atoms with van der Waals surface area (Å²) in [4.78, 5) is 25.4. The molecule has 1 unspecified atom stereocenters. The highest BCUT2D eigenvalue weighted by molar-refractivity contribution is 6.02. The number of hydrogen-bond acceptors (Lipinski definition) is 6. The number of imidazole rings is 1. The number of halogens is 2. The standard InChI is InChI=1S/C20H21F2N5O3/c1-2-30-20-18-24-14(12-5-4-8-29-11-12)9-27(18)10-15(25-20)19(28)26-16-7-3-6-13(23-16)17(21)22/h3,6-7,9-10,12,17H,2,4-5,8,11H2,1H3,(H,23,26,28). The number of nitrogens with one attached hydrogen (secondary N) is 1. The normalized spacial score (nSPS) is 16.7. The molecule has 0 spiro atoms. The largest absolute Gasteiger partial charge is 0.475 e. The van der Waals surface area contributed by atoms with Crippen LogP contribution in [0.15, 0.2) is 30.6 Å². The number of carbonyl (C=O) groups excluding carboxylic acids is 1. The Morgan fingerprint density at radius 1 is 1.33 bits per heavy atom. The molecule has 30 heavy (non-hydrogen) atoms. The summed E-state index contributed by atoms with van der Waals surface area (Å²) >= 11 is 0. The summed E-state index contributed by atoms with van der Waals surface area (Å²) in [5, 5.41) is 2.50.